The summed E-state index contributed by atoms with van der Waals surface area (Å²) in [6.07, 6.45) is 1.68. The van der Waals surface area contributed by atoms with Gasteiger partial charge in [-0.15, -0.1) is 0 Å². The maximum Gasteiger partial charge on any atom is 0.243 e. The van der Waals surface area contributed by atoms with Crippen LogP contribution in [0.4, 0.5) is 0 Å². The summed E-state index contributed by atoms with van der Waals surface area (Å²) in [5.41, 5.74) is 3.41. The summed E-state index contributed by atoms with van der Waals surface area (Å²) in [6.45, 7) is 5.59. The Bertz CT molecular complexity index is 866. The SMILES string of the molecule is COc1c2cccc1CCNCCN(S(=O)(=O)c1ccc(C)cc1)CCNCC2. The highest BCUT2D eigenvalue weighted by Gasteiger charge is 2.23. The molecular weight excluding hydrogens is 386 g/mol. The van der Waals surface area contributed by atoms with Crippen LogP contribution in [0.15, 0.2) is 47.4 Å². The lowest BCUT2D eigenvalue weighted by Gasteiger charge is -2.23. The van der Waals surface area contributed by atoms with Crippen LogP contribution in [0.1, 0.15) is 16.7 Å². The zero-order valence-corrected chi connectivity index (χ0v) is 18.1. The summed E-state index contributed by atoms with van der Waals surface area (Å²) >= 11 is 0. The van der Waals surface area contributed by atoms with Gasteiger partial charge in [0.25, 0.3) is 0 Å². The highest BCUT2D eigenvalue weighted by Crippen LogP contribution is 2.24. The van der Waals surface area contributed by atoms with Gasteiger partial charge < -0.3 is 15.4 Å². The monoisotopic (exact) mass is 417 g/mol. The fourth-order valence-corrected chi connectivity index (χ4v) is 5.05. The van der Waals surface area contributed by atoms with E-state index < -0.39 is 10.0 Å². The van der Waals surface area contributed by atoms with E-state index in [1.807, 2.05) is 19.1 Å². The van der Waals surface area contributed by atoms with Crippen molar-refractivity contribution in [2.75, 3.05) is 46.4 Å². The maximum absolute atomic E-state index is 13.1. The van der Waals surface area contributed by atoms with Gasteiger partial charge in [-0.1, -0.05) is 35.9 Å². The largest absolute Gasteiger partial charge is 0.496 e. The second-order valence-electron chi connectivity index (χ2n) is 7.33. The predicted molar refractivity (Wildman–Crippen MR) is 116 cm³/mol. The first-order valence-electron chi connectivity index (χ1n) is 10.2. The van der Waals surface area contributed by atoms with Gasteiger partial charge in [-0.25, -0.2) is 8.42 Å². The highest BCUT2D eigenvalue weighted by molar-refractivity contribution is 7.89. The van der Waals surface area contributed by atoms with E-state index in [0.29, 0.717) is 31.1 Å². The van der Waals surface area contributed by atoms with Gasteiger partial charge in [0, 0.05) is 26.2 Å². The highest BCUT2D eigenvalue weighted by atomic mass is 32.2. The van der Waals surface area contributed by atoms with Gasteiger partial charge >= 0.3 is 0 Å². The Morgan fingerprint density at radius 3 is 1.93 bits per heavy atom. The summed E-state index contributed by atoms with van der Waals surface area (Å²) in [6, 6.07) is 13.3. The standard InChI is InChI=1S/C22H31N3O3S/c1-18-6-8-21(9-7-18)29(26,27)25-16-14-23-12-10-19-4-3-5-20(22(19)28-2)11-13-24-15-17-25/h3-9,23-24H,10-17H2,1-2H3. The zero-order chi connectivity index (χ0) is 20.7. The molecule has 2 bridgehead atoms. The fourth-order valence-electron chi connectivity index (χ4n) is 3.61. The lowest BCUT2D eigenvalue weighted by atomic mass is 10.0. The average molecular weight is 418 g/mol. The smallest absolute Gasteiger partial charge is 0.243 e. The Hall–Kier alpha value is -1.93. The summed E-state index contributed by atoms with van der Waals surface area (Å²) in [4.78, 5) is 0.351. The van der Waals surface area contributed by atoms with Crippen LogP contribution in [0.25, 0.3) is 0 Å². The Kier molecular flexibility index (Phi) is 7.66. The van der Waals surface area contributed by atoms with Crippen molar-refractivity contribution in [1.29, 1.82) is 0 Å². The van der Waals surface area contributed by atoms with E-state index in [9.17, 15) is 8.42 Å². The van der Waals surface area contributed by atoms with Crippen LogP contribution in [-0.4, -0.2) is 59.1 Å². The van der Waals surface area contributed by atoms with E-state index >= 15 is 0 Å². The Labute approximate surface area is 174 Å². The van der Waals surface area contributed by atoms with Crippen molar-refractivity contribution in [2.45, 2.75) is 24.7 Å². The first-order valence-corrected chi connectivity index (χ1v) is 11.6. The van der Waals surface area contributed by atoms with Crippen molar-refractivity contribution in [3.63, 3.8) is 0 Å². The molecule has 1 aliphatic rings. The predicted octanol–water partition coefficient (Wildman–Crippen LogP) is 1.97. The molecule has 0 atom stereocenters. The van der Waals surface area contributed by atoms with Crippen molar-refractivity contribution < 1.29 is 13.2 Å². The molecule has 2 aromatic rings. The topological polar surface area (TPSA) is 70.7 Å². The molecule has 6 nitrogen and oxygen atoms in total. The number of para-hydroxylation sites is 1. The third-order valence-electron chi connectivity index (χ3n) is 5.26. The maximum atomic E-state index is 13.1. The van der Waals surface area contributed by atoms with Crippen molar-refractivity contribution in [3.05, 3.63) is 59.2 Å². The van der Waals surface area contributed by atoms with Crippen molar-refractivity contribution >= 4 is 10.0 Å². The lowest BCUT2D eigenvalue weighted by Crippen LogP contribution is -2.41. The summed E-state index contributed by atoms with van der Waals surface area (Å²) < 4.78 is 33.4. The Morgan fingerprint density at radius 2 is 1.41 bits per heavy atom. The second-order valence-corrected chi connectivity index (χ2v) is 9.26. The van der Waals surface area contributed by atoms with Crippen molar-refractivity contribution in [2.24, 2.45) is 0 Å². The van der Waals surface area contributed by atoms with E-state index in [4.69, 9.17) is 4.74 Å². The molecule has 1 aliphatic heterocycles. The minimum atomic E-state index is -3.51. The van der Waals surface area contributed by atoms with Crippen LogP contribution in [0.2, 0.25) is 0 Å². The van der Waals surface area contributed by atoms with E-state index in [2.05, 4.69) is 28.8 Å². The first kappa shape index (κ1) is 21.8. The van der Waals surface area contributed by atoms with Crippen LogP contribution >= 0.6 is 0 Å². The number of hydrogen-bond acceptors (Lipinski definition) is 5. The molecule has 1 heterocycles. The zero-order valence-electron chi connectivity index (χ0n) is 17.3. The molecule has 0 radical (unpaired) electrons. The van der Waals surface area contributed by atoms with E-state index in [1.54, 1.807) is 23.5 Å². The van der Waals surface area contributed by atoms with Gasteiger partial charge in [-0.3, -0.25) is 0 Å². The number of hydrogen-bond donors (Lipinski definition) is 2. The molecule has 0 saturated carbocycles. The van der Waals surface area contributed by atoms with Crippen LogP contribution < -0.4 is 15.4 Å². The number of benzene rings is 2. The van der Waals surface area contributed by atoms with Crippen LogP contribution in [0.3, 0.4) is 0 Å². The molecule has 7 heteroatoms. The molecule has 158 valence electrons. The number of nitrogens with one attached hydrogen (secondary N) is 2. The fraction of sp³-hybridized carbons (Fsp3) is 0.455. The van der Waals surface area contributed by atoms with Gasteiger partial charge in [0.2, 0.25) is 10.0 Å². The summed E-state index contributed by atoms with van der Waals surface area (Å²) in [7, 11) is -1.79. The molecule has 0 spiro atoms. The molecule has 0 saturated heterocycles. The molecule has 0 amide bonds. The number of rotatable bonds is 3. The molecule has 2 N–H and O–H groups in total. The van der Waals surface area contributed by atoms with Crippen LogP contribution in [0.5, 0.6) is 5.75 Å². The number of aryl methyl sites for hydroxylation is 1. The Balaban J connectivity index is 1.72. The number of ether oxygens (including phenoxy) is 1. The molecule has 0 fully saturated rings. The van der Waals surface area contributed by atoms with Gasteiger partial charge in [0.1, 0.15) is 5.75 Å². The van der Waals surface area contributed by atoms with Gasteiger partial charge in [0.15, 0.2) is 0 Å². The van der Waals surface area contributed by atoms with E-state index in [1.165, 1.54) is 11.1 Å². The summed E-state index contributed by atoms with van der Waals surface area (Å²) in [5.74, 6) is 0.969. The first-order chi connectivity index (χ1) is 14.0. The van der Waals surface area contributed by atoms with Gasteiger partial charge in [-0.05, 0) is 56.1 Å². The minimum absolute atomic E-state index is 0.351. The minimum Gasteiger partial charge on any atom is -0.496 e. The molecule has 0 aromatic heterocycles. The second kappa shape index (κ2) is 10.2. The van der Waals surface area contributed by atoms with Crippen LogP contribution in [0, 0.1) is 6.92 Å². The van der Waals surface area contributed by atoms with Gasteiger partial charge in [0.05, 0.1) is 12.0 Å². The molecule has 3 rings (SSSR count). The normalized spacial score (nSPS) is 17.4. The molecular formula is C22H31N3O3S. The number of methoxy groups -OCH3 is 1. The van der Waals surface area contributed by atoms with Crippen LogP contribution in [-0.2, 0) is 22.9 Å². The van der Waals surface area contributed by atoms with Crippen molar-refractivity contribution in [3.8, 4) is 5.75 Å². The van der Waals surface area contributed by atoms with Gasteiger partial charge in [-0.2, -0.15) is 4.31 Å². The number of nitrogens with zero attached hydrogens (tertiary/aromatic N) is 1. The van der Waals surface area contributed by atoms with E-state index in [-0.39, 0.29) is 0 Å². The summed E-state index contributed by atoms with van der Waals surface area (Å²) in [5, 5.41) is 6.76. The molecule has 0 unspecified atom stereocenters. The number of sulfonamides is 1. The average Bonchev–Trinajstić information content (AvgIpc) is 2.71. The Morgan fingerprint density at radius 1 is 0.862 bits per heavy atom. The number of fused-ring (bicyclic) bond motifs is 2. The third kappa shape index (κ3) is 5.57. The quantitative estimate of drug-likeness (QED) is 0.799. The molecule has 2 aromatic carbocycles. The van der Waals surface area contributed by atoms with Crippen molar-refractivity contribution in [1.82, 2.24) is 14.9 Å². The molecule has 0 aliphatic carbocycles. The van der Waals surface area contributed by atoms with E-state index in [0.717, 1.165) is 37.2 Å². The molecule has 29 heavy (non-hydrogen) atoms. The lowest BCUT2D eigenvalue weighted by molar-refractivity contribution is 0.391. The third-order valence-corrected chi connectivity index (χ3v) is 7.17.